The van der Waals surface area contributed by atoms with Crippen LogP contribution in [0.4, 0.5) is 4.39 Å². The molecule has 0 saturated carbocycles. The third-order valence-electron chi connectivity index (χ3n) is 3.20. The van der Waals surface area contributed by atoms with Gasteiger partial charge in [0.2, 0.25) is 0 Å². The predicted octanol–water partition coefficient (Wildman–Crippen LogP) is 3.65. The van der Waals surface area contributed by atoms with Crippen LogP contribution in [0, 0.1) is 5.82 Å². The highest BCUT2D eigenvalue weighted by Gasteiger charge is 2.09. The van der Waals surface area contributed by atoms with Crippen molar-refractivity contribution in [2.75, 3.05) is 0 Å². The normalized spacial score (nSPS) is 10.4. The lowest BCUT2D eigenvalue weighted by atomic mass is 10.1. The first-order valence-electron chi connectivity index (χ1n) is 6.57. The van der Waals surface area contributed by atoms with E-state index >= 15 is 0 Å². The Morgan fingerprint density at radius 3 is 2.41 bits per heavy atom. The molecule has 0 spiro atoms. The monoisotopic (exact) mass is 294 g/mol. The summed E-state index contributed by atoms with van der Waals surface area (Å²) in [5.74, 6) is -0.932. The van der Waals surface area contributed by atoms with E-state index in [4.69, 9.17) is 5.11 Å². The number of hydrogen-bond acceptors (Lipinski definition) is 3. The molecule has 0 radical (unpaired) electrons. The lowest BCUT2D eigenvalue weighted by Crippen LogP contribution is -1.97. The van der Waals surface area contributed by atoms with Gasteiger partial charge in [-0.05, 0) is 30.3 Å². The highest BCUT2D eigenvalue weighted by molar-refractivity contribution is 5.88. The van der Waals surface area contributed by atoms with Crippen molar-refractivity contribution in [3.63, 3.8) is 0 Å². The number of carbonyl (C=O) groups is 1. The number of carboxylic acid groups (broad SMARTS) is 1. The molecular weight excluding hydrogens is 283 g/mol. The van der Waals surface area contributed by atoms with Gasteiger partial charge in [-0.2, -0.15) is 0 Å². The number of nitrogens with zero attached hydrogens (tertiary/aromatic N) is 2. The number of aromatic nitrogens is 2. The fourth-order valence-electron chi connectivity index (χ4n) is 2.08. The molecule has 3 aromatic rings. The summed E-state index contributed by atoms with van der Waals surface area (Å²) in [7, 11) is 0. The summed E-state index contributed by atoms with van der Waals surface area (Å²) < 4.78 is 13.8. The smallest absolute Gasteiger partial charge is 0.335 e. The molecule has 0 fully saturated rings. The quantitative estimate of drug-likeness (QED) is 0.801. The lowest BCUT2D eigenvalue weighted by Gasteiger charge is -2.05. The molecule has 0 amide bonds. The second-order valence-electron chi connectivity index (χ2n) is 4.63. The zero-order chi connectivity index (χ0) is 15.5. The Morgan fingerprint density at radius 2 is 1.73 bits per heavy atom. The molecule has 2 aromatic carbocycles. The predicted molar refractivity (Wildman–Crippen MR) is 79.8 cm³/mol. The molecule has 0 aliphatic carbocycles. The molecule has 108 valence electrons. The van der Waals surface area contributed by atoms with E-state index < -0.39 is 5.97 Å². The van der Waals surface area contributed by atoms with E-state index in [2.05, 4.69) is 9.97 Å². The summed E-state index contributed by atoms with van der Waals surface area (Å²) in [6.45, 7) is 0. The molecule has 0 aliphatic heterocycles. The number of carboxylic acids is 1. The van der Waals surface area contributed by atoms with E-state index in [9.17, 15) is 9.18 Å². The minimum atomic E-state index is -0.993. The summed E-state index contributed by atoms with van der Waals surface area (Å²) in [5, 5.41) is 8.90. The van der Waals surface area contributed by atoms with Crippen LogP contribution in [0.25, 0.3) is 22.6 Å². The molecule has 0 saturated heterocycles. The maximum Gasteiger partial charge on any atom is 0.335 e. The molecule has 4 nitrogen and oxygen atoms in total. The van der Waals surface area contributed by atoms with Crippen molar-refractivity contribution in [1.29, 1.82) is 0 Å². The van der Waals surface area contributed by atoms with Crippen LogP contribution in [0.1, 0.15) is 10.4 Å². The van der Waals surface area contributed by atoms with E-state index in [0.29, 0.717) is 22.6 Å². The number of aromatic carboxylic acids is 1. The van der Waals surface area contributed by atoms with Gasteiger partial charge in [0.05, 0.1) is 11.3 Å². The van der Waals surface area contributed by atoms with Crippen molar-refractivity contribution in [1.82, 2.24) is 9.97 Å². The van der Waals surface area contributed by atoms with Crippen LogP contribution in [-0.2, 0) is 0 Å². The van der Waals surface area contributed by atoms with Crippen molar-refractivity contribution in [3.05, 3.63) is 72.2 Å². The average Bonchev–Trinajstić information content (AvgIpc) is 2.55. The van der Waals surface area contributed by atoms with E-state index in [-0.39, 0.29) is 11.4 Å². The van der Waals surface area contributed by atoms with E-state index in [1.54, 1.807) is 42.6 Å². The van der Waals surface area contributed by atoms with Crippen molar-refractivity contribution in [3.8, 4) is 22.6 Å². The van der Waals surface area contributed by atoms with Gasteiger partial charge in [0, 0.05) is 17.3 Å². The Hall–Kier alpha value is -3.08. The second-order valence-corrected chi connectivity index (χ2v) is 4.63. The van der Waals surface area contributed by atoms with Gasteiger partial charge >= 0.3 is 5.97 Å². The van der Waals surface area contributed by atoms with Crippen molar-refractivity contribution >= 4 is 5.97 Å². The third-order valence-corrected chi connectivity index (χ3v) is 3.20. The van der Waals surface area contributed by atoms with Crippen molar-refractivity contribution < 1.29 is 14.3 Å². The molecule has 0 aliphatic rings. The van der Waals surface area contributed by atoms with Gasteiger partial charge in [0.1, 0.15) is 5.82 Å². The Balaban J connectivity index is 2.01. The largest absolute Gasteiger partial charge is 0.478 e. The lowest BCUT2D eigenvalue weighted by molar-refractivity contribution is 0.0697. The first-order valence-corrected chi connectivity index (χ1v) is 6.57. The molecule has 5 heteroatoms. The van der Waals surface area contributed by atoms with Crippen LogP contribution >= 0.6 is 0 Å². The van der Waals surface area contributed by atoms with Crippen LogP contribution in [0.2, 0.25) is 0 Å². The highest BCUT2D eigenvalue weighted by atomic mass is 19.1. The van der Waals surface area contributed by atoms with Crippen LogP contribution < -0.4 is 0 Å². The highest BCUT2D eigenvalue weighted by Crippen LogP contribution is 2.23. The average molecular weight is 294 g/mol. The van der Waals surface area contributed by atoms with Gasteiger partial charge < -0.3 is 5.11 Å². The fourth-order valence-corrected chi connectivity index (χ4v) is 2.08. The molecule has 0 atom stereocenters. The van der Waals surface area contributed by atoms with Gasteiger partial charge in [0.25, 0.3) is 0 Å². The first kappa shape index (κ1) is 13.9. The molecule has 22 heavy (non-hydrogen) atoms. The summed E-state index contributed by atoms with van der Waals surface area (Å²) in [4.78, 5) is 19.4. The number of rotatable bonds is 3. The molecule has 1 aromatic heterocycles. The Morgan fingerprint density at radius 1 is 1.00 bits per heavy atom. The SMILES string of the molecule is O=C(O)c1ccc(-c2nccc(-c3ccccc3F)n2)cc1. The molecule has 1 heterocycles. The Bertz CT molecular complexity index is 832. The minimum absolute atomic E-state index is 0.189. The second kappa shape index (κ2) is 5.73. The zero-order valence-corrected chi connectivity index (χ0v) is 11.4. The summed E-state index contributed by atoms with van der Waals surface area (Å²) in [5.41, 5.74) is 1.73. The minimum Gasteiger partial charge on any atom is -0.478 e. The van der Waals surface area contributed by atoms with Gasteiger partial charge in [-0.3, -0.25) is 0 Å². The van der Waals surface area contributed by atoms with Gasteiger partial charge in [-0.1, -0.05) is 24.3 Å². The first-order chi connectivity index (χ1) is 10.6. The van der Waals surface area contributed by atoms with E-state index in [1.807, 2.05) is 0 Å². The molecule has 0 bridgehead atoms. The van der Waals surface area contributed by atoms with Gasteiger partial charge in [-0.15, -0.1) is 0 Å². The molecule has 1 N–H and O–H groups in total. The van der Waals surface area contributed by atoms with Crippen LogP contribution in [0.15, 0.2) is 60.8 Å². The molecule has 3 rings (SSSR count). The summed E-state index contributed by atoms with van der Waals surface area (Å²) in [6.07, 6.45) is 1.55. The van der Waals surface area contributed by atoms with Crippen LogP contribution in [-0.4, -0.2) is 21.0 Å². The van der Waals surface area contributed by atoms with Gasteiger partial charge in [0.15, 0.2) is 5.82 Å². The maximum absolute atomic E-state index is 13.8. The standard InChI is InChI=1S/C17H11FN2O2/c18-14-4-2-1-3-13(14)15-9-10-19-16(20-15)11-5-7-12(8-6-11)17(21)22/h1-10H,(H,21,22). The number of benzene rings is 2. The summed E-state index contributed by atoms with van der Waals surface area (Å²) >= 11 is 0. The van der Waals surface area contributed by atoms with Crippen LogP contribution in [0.5, 0.6) is 0 Å². The van der Waals surface area contributed by atoms with E-state index in [1.165, 1.54) is 18.2 Å². The van der Waals surface area contributed by atoms with E-state index in [0.717, 1.165) is 0 Å². The maximum atomic E-state index is 13.8. The van der Waals surface area contributed by atoms with Gasteiger partial charge in [-0.25, -0.2) is 19.2 Å². The molecular formula is C17H11FN2O2. The number of hydrogen-bond donors (Lipinski definition) is 1. The topological polar surface area (TPSA) is 63.1 Å². The Kier molecular flexibility index (Phi) is 3.62. The number of halogens is 1. The van der Waals surface area contributed by atoms with Crippen molar-refractivity contribution in [2.45, 2.75) is 0 Å². The van der Waals surface area contributed by atoms with Crippen molar-refractivity contribution in [2.24, 2.45) is 0 Å². The third kappa shape index (κ3) is 2.69. The Labute approximate surface area is 125 Å². The molecule has 0 unspecified atom stereocenters. The van der Waals surface area contributed by atoms with Crippen LogP contribution in [0.3, 0.4) is 0 Å². The fraction of sp³-hybridized carbons (Fsp3) is 0. The zero-order valence-electron chi connectivity index (χ0n) is 11.4. The summed E-state index contributed by atoms with van der Waals surface area (Å²) in [6, 6.07) is 14.2.